The smallest absolute Gasteiger partial charge is 0.117 e. The van der Waals surface area contributed by atoms with E-state index in [1.807, 2.05) is 6.07 Å². The summed E-state index contributed by atoms with van der Waals surface area (Å²) in [5, 5.41) is 12.2. The van der Waals surface area contributed by atoms with Crippen LogP contribution in [0.15, 0.2) is 18.2 Å². The van der Waals surface area contributed by atoms with Gasteiger partial charge >= 0.3 is 0 Å². The van der Waals surface area contributed by atoms with Gasteiger partial charge in [0, 0.05) is 18.3 Å². The molecule has 0 aromatic heterocycles. The van der Waals surface area contributed by atoms with E-state index in [4.69, 9.17) is 5.11 Å². The van der Waals surface area contributed by atoms with Crippen molar-refractivity contribution in [3.05, 3.63) is 23.8 Å². The molecule has 1 aromatic rings. The zero-order valence-electron chi connectivity index (χ0n) is 6.00. The van der Waals surface area contributed by atoms with Crippen LogP contribution in [-0.4, -0.2) is 11.7 Å². The lowest BCUT2D eigenvalue weighted by atomic mass is 10.2. The molecule has 0 aliphatic carbocycles. The predicted octanol–water partition coefficient (Wildman–Crippen LogP) is 1.78. The lowest BCUT2D eigenvalue weighted by molar-refractivity contribution is 0.475. The Kier molecular flexibility index (Phi) is 2.25. The van der Waals surface area contributed by atoms with E-state index in [1.165, 1.54) is 5.56 Å². The van der Waals surface area contributed by atoms with Gasteiger partial charge in [-0.15, -0.1) is 12.4 Å². The molecule has 1 aromatic carbocycles. The Balaban J connectivity index is 0.000000605. The fourth-order valence-corrected chi connectivity index (χ4v) is 1.28. The summed E-state index contributed by atoms with van der Waals surface area (Å²) in [6.07, 6.45) is 1.08. The number of rotatable bonds is 0. The van der Waals surface area contributed by atoms with Crippen LogP contribution in [0.3, 0.4) is 0 Å². The van der Waals surface area contributed by atoms with E-state index < -0.39 is 0 Å². The Labute approximate surface area is 71.7 Å². The Bertz CT molecular complexity index is 262. The third kappa shape index (κ3) is 1.40. The summed E-state index contributed by atoms with van der Waals surface area (Å²) in [6, 6.07) is 5.46. The topological polar surface area (TPSA) is 32.3 Å². The number of halogens is 1. The highest BCUT2D eigenvalue weighted by Crippen LogP contribution is 2.25. The minimum Gasteiger partial charge on any atom is -0.508 e. The Morgan fingerprint density at radius 2 is 2.18 bits per heavy atom. The first-order valence-corrected chi connectivity index (χ1v) is 3.42. The standard InChI is InChI=1S/C8H9NO.ClH/c10-7-2-1-6-3-4-9-8(6)5-7;/h1-2,5,9-10H,3-4H2;1H. The van der Waals surface area contributed by atoms with Crippen LogP contribution in [0.5, 0.6) is 5.75 Å². The normalized spacial score (nSPS) is 13.1. The average Bonchev–Trinajstić information content (AvgIpc) is 2.33. The molecule has 11 heavy (non-hydrogen) atoms. The van der Waals surface area contributed by atoms with Gasteiger partial charge in [-0.2, -0.15) is 0 Å². The van der Waals surface area contributed by atoms with E-state index in [-0.39, 0.29) is 12.4 Å². The number of hydrogen-bond donors (Lipinski definition) is 2. The van der Waals surface area contributed by atoms with Crippen LogP contribution in [0, 0.1) is 0 Å². The predicted molar refractivity (Wildman–Crippen MR) is 47.5 cm³/mol. The summed E-state index contributed by atoms with van der Waals surface area (Å²) in [6.45, 7) is 0.999. The largest absolute Gasteiger partial charge is 0.508 e. The number of benzene rings is 1. The molecule has 0 fully saturated rings. The highest BCUT2D eigenvalue weighted by atomic mass is 35.5. The molecule has 60 valence electrons. The summed E-state index contributed by atoms with van der Waals surface area (Å²) in [4.78, 5) is 0. The summed E-state index contributed by atoms with van der Waals surface area (Å²) in [7, 11) is 0. The molecule has 0 saturated carbocycles. The Morgan fingerprint density at radius 1 is 1.36 bits per heavy atom. The lowest BCUT2D eigenvalue weighted by Gasteiger charge is -1.98. The summed E-state index contributed by atoms with van der Waals surface area (Å²) >= 11 is 0. The maximum absolute atomic E-state index is 9.06. The SMILES string of the molecule is Cl.Oc1ccc2c(c1)NCC2. The van der Waals surface area contributed by atoms with Crippen molar-refractivity contribution in [3.63, 3.8) is 0 Å². The van der Waals surface area contributed by atoms with E-state index in [0.29, 0.717) is 5.75 Å². The van der Waals surface area contributed by atoms with Gasteiger partial charge in [0.1, 0.15) is 5.75 Å². The van der Waals surface area contributed by atoms with E-state index in [1.54, 1.807) is 12.1 Å². The highest BCUT2D eigenvalue weighted by molar-refractivity contribution is 5.85. The Hall–Kier alpha value is -0.890. The van der Waals surface area contributed by atoms with Gasteiger partial charge in [0.05, 0.1) is 0 Å². The summed E-state index contributed by atoms with van der Waals surface area (Å²) in [5.41, 5.74) is 2.39. The van der Waals surface area contributed by atoms with Crippen LogP contribution in [0.2, 0.25) is 0 Å². The second-order valence-electron chi connectivity index (χ2n) is 2.52. The number of nitrogens with one attached hydrogen (secondary N) is 1. The third-order valence-electron chi connectivity index (χ3n) is 1.80. The van der Waals surface area contributed by atoms with Crippen LogP contribution in [-0.2, 0) is 6.42 Å². The molecule has 1 aliphatic heterocycles. The van der Waals surface area contributed by atoms with Crippen molar-refractivity contribution in [2.24, 2.45) is 0 Å². The van der Waals surface area contributed by atoms with E-state index in [9.17, 15) is 0 Å². The molecular formula is C8H10ClNO. The number of phenols is 1. The van der Waals surface area contributed by atoms with Crippen LogP contribution in [0.1, 0.15) is 5.56 Å². The molecule has 3 heteroatoms. The fourth-order valence-electron chi connectivity index (χ4n) is 1.28. The highest BCUT2D eigenvalue weighted by Gasteiger charge is 2.08. The van der Waals surface area contributed by atoms with Crippen molar-refractivity contribution in [1.29, 1.82) is 0 Å². The van der Waals surface area contributed by atoms with Crippen molar-refractivity contribution in [2.45, 2.75) is 6.42 Å². The average molecular weight is 172 g/mol. The van der Waals surface area contributed by atoms with Crippen LogP contribution in [0.25, 0.3) is 0 Å². The van der Waals surface area contributed by atoms with Gasteiger partial charge in [-0.3, -0.25) is 0 Å². The first-order chi connectivity index (χ1) is 4.86. The molecule has 2 nitrogen and oxygen atoms in total. The maximum atomic E-state index is 9.06. The van der Waals surface area contributed by atoms with Gasteiger partial charge in [0.25, 0.3) is 0 Å². The van der Waals surface area contributed by atoms with Gasteiger partial charge in [0.2, 0.25) is 0 Å². The molecule has 0 amide bonds. The fraction of sp³-hybridized carbons (Fsp3) is 0.250. The van der Waals surface area contributed by atoms with Crippen molar-refractivity contribution in [3.8, 4) is 5.75 Å². The quantitative estimate of drug-likeness (QED) is 0.624. The zero-order chi connectivity index (χ0) is 6.97. The molecule has 1 aliphatic rings. The molecule has 0 bridgehead atoms. The van der Waals surface area contributed by atoms with Crippen molar-refractivity contribution >= 4 is 18.1 Å². The van der Waals surface area contributed by atoms with E-state index in [2.05, 4.69) is 5.32 Å². The number of hydrogen-bond acceptors (Lipinski definition) is 2. The molecule has 0 atom stereocenters. The number of aromatic hydroxyl groups is 1. The van der Waals surface area contributed by atoms with Crippen molar-refractivity contribution in [2.75, 3.05) is 11.9 Å². The summed E-state index contributed by atoms with van der Waals surface area (Å²) in [5.74, 6) is 0.341. The third-order valence-corrected chi connectivity index (χ3v) is 1.80. The van der Waals surface area contributed by atoms with E-state index >= 15 is 0 Å². The first-order valence-electron chi connectivity index (χ1n) is 3.42. The molecule has 0 spiro atoms. The second-order valence-corrected chi connectivity index (χ2v) is 2.52. The molecule has 2 N–H and O–H groups in total. The maximum Gasteiger partial charge on any atom is 0.117 e. The van der Waals surface area contributed by atoms with Gasteiger partial charge in [-0.25, -0.2) is 0 Å². The van der Waals surface area contributed by atoms with Gasteiger partial charge in [-0.1, -0.05) is 6.07 Å². The van der Waals surface area contributed by atoms with Gasteiger partial charge < -0.3 is 10.4 Å². The molecular weight excluding hydrogens is 162 g/mol. The number of fused-ring (bicyclic) bond motifs is 1. The van der Waals surface area contributed by atoms with Crippen LogP contribution >= 0.6 is 12.4 Å². The van der Waals surface area contributed by atoms with Crippen molar-refractivity contribution in [1.82, 2.24) is 0 Å². The van der Waals surface area contributed by atoms with Crippen LogP contribution in [0.4, 0.5) is 5.69 Å². The van der Waals surface area contributed by atoms with Gasteiger partial charge in [0.15, 0.2) is 0 Å². The summed E-state index contributed by atoms with van der Waals surface area (Å²) < 4.78 is 0. The minimum absolute atomic E-state index is 0. The monoisotopic (exact) mass is 171 g/mol. The number of anilines is 1. The second kappa shape index (κ2) is 3.01. The van der Waals surface area contributed by atoms with Crippen LogP contribution < -0.4 is 5.32 Å². The molecule has 0 unspecified atom stereocenters. The lowest BCUT2D eigenvalue weighted by Crippen LogP contribution is -1.90. The molecule has 1 heterocycles. The minimum atomic E-state index is 0. The Morgan fingerprint density at radius 3 is 3.00 bits per heavy atom. The molecule has 2 rings (SSSR count). The zero-order valence-corrected chi connectivity index (χ0v) is 6.82. The molecule has 0 saturated heterocycles. The first kappa shape index (κ1) is 8.21. The van der Waals surface area contributed by atoms with Gasteiger partial charge in [-0.05, 0) is 18.1 Å². The number of phenolic OH excluding ortho intramolecular Hbond substituents is 1. The molecule has 0 radical (unpaired) electrons. The van der Waals surface area contributed by atoms with E-state index in [0.717, 1.165) is 18.7 Å². The van der Waals surface area contributed by atoms with Crippen molar-refractivity contribution < 1.29 is 5.11 Å².